The molecule has 0 saturated carbocycles. The Morgan fingerprint density at radius 3 is 2.77 bits per heavy atom. The zero-order valence-electron chi connectivity index (χ0n) is 14.8. The molecule has 2 aromatic rings. The summed E-state index contributed by atoms with van der Waals surface area (Å²) < 4.78 is 16.6. The molecule has 1 amide bonds. The number of fused-ring (bicyclic) bond motifs is 1. The molecule has 26 heavy (non-hydrogen) atoms. The van der Waals surface area contributed by atoms with Gasteiger partial charge in [-0.1, -0.05) is 6.07 Å². The number of methoxy groups -OCH3 is 1. The van der Waals surface area contributed by atoms with Crippen LogP contribution < -0.4 is 14.2 Å². The van der Waals surface area contributed by atoms with Crippen LogP contribution in [0.15, 0.2) is 36.5 Å². The van der Waals surface area contributed by atoms with Crippen molar-refractivity contribution in [1.82, 2.24) is 9.88 Å². The van der Waals surface area contributed by atoms with Crippen LogP contribution in [0.5, 0.6) is 17.4 Å². The molecule has 0 unspecified atom stereocenters. The highest BCUT2D eigenvalue weighted by Crippen LogP contribution is 2.38. The largest absolute Gasteiger partial charge is 0.490 e. The summed E-state index contributed by atoms with van der Waals surface area (Å²) in [5.41, 5.74) is 1.66. The first kappa shape index (κ1) is 16.7. The summed E-state index contributed by atoms with van der Waals surface area (Å²) in [6.45, 7) is 2.07. The standard InChI is InChI=1S/C20H22N2O4/c1-24-19-8-6-15(13-21-19)20(23)22-9-2-4-16(22)14-5-7-17-18(12-14)26-11-3-10-25-17/h5-8,12-13,16H,2-4,9-11H2,1H3/t16-/m0/s1. The third kappa shape index (κ3) is 3.19. The van der Waals surface area contributed by atoms with Crippen LogP contribution >= 0.6 is 0 Å². The number of rotatable bonds is 3. The molecule has 1 aromatic heterocycles. The third-order valence-corrected chi connectivity index (χ3v) is 4.86. The van der Waals surface area contributed by atoms with E-state index in [1.165, 1.54) is 0 Å². The van der Waals surface area contributed by atoms with Gasteiger partial charge in [-0.25, -0.2) is 4.98 Å². The van der Waals surface area contributed by atoms with Crippen LogP contribution in [0, 0.1) is 0 Å². The zero-order chi connectivity index (χ0) is 17.9. The number of amides is 1. The summed E-state index contributed by atoms with van der Waals surface area (Å²) in [7, 11) is 1.56. The first-order valence-corrected chi connectivity index (χ1v) is 8.97. The summed E-state index contributed by atoms with van der Waals surface area (Å²) in [4.78, 5) is 19.0. The van der Waals surface area contributed by atoms with Gasteiger partial charge in [-0.15, -0.1) is 0 Å². The molecular weight excluding hydrogens is 332 g/mol. The highest BCUT2D eigenvalue weighted by molar-refractivity contribution is 5.94. The molecule has 0 spiro atoms. The molecule has 6 heteroatoms. The Morgan fingerprint density at radius 2 is 2.00 bits per heavy atom. The van der Waals surface area contributed by atoms with Gasteiger partial charge in [0, 0.05) is 25.2 Å². The van der Waals surface area contributed by atoms with Crippen LogP contribution in [0.4, 0.5) is 0 Å². The Balaban J connectivity index is 1.58. The second kappa shape index (κ2) is 7.23. The monoisotopic (exact) mass is 354 g/mol. The van der Waals surface area contributed by atoms with E-state index < -0.39 is 0 Å². The lowest BCUT2D eigenvalue weighted by Crippen LogP contribution is -2.30. The molecule has 136 valence electrons. The Bertz CT molecular complexity index is 791. The molecule has 0 bridgehead atoms. The van der Waals surface area contributed by atoms with E-state index in [0.717, 1.165) is 42.9 Å². The molecule has 0 N–H and O–H groups in total. The number of hydrogen-bond acceptors (Lipinski definition) is 5. The molecule has 1 fully saturated rings. The lowest BCUT2D eigenvalue weighted by atomic mass is 10.0. The lowest BCUT2D eigenvalue weighted by Gasteiger charge is -2.25. The number of nitrogens with zero attached hydrogens (tertiary/aromatic N) is 2. The smallest absolute Gasteiger partial charge is 0.255 e. The molecule has 4 rings (SSSR count). The third-order valence-electron chi connectivity index (χ3n) is 4.86. The van der Waals surface area contributed by atoms with Crippen LogP contribution in [0.2, 0.25) is 0 Å². The number of likely N-dealkylation sites (tertiary alicyclic amines) is 1. The maximum absolute atomic E-state index is 13.0. The fraction of sp³-hybridized carbons (Fsp3) is 0.400. The normalized spacial score (nSPS) is 19.1. The van der Waals surface area contributed by atoms with Gasteiger partial charge in [0.05, 0.1) is 31.9 Å². The minimum absolute atomic E-state index is 0.00485. The van der Waals surface area contributed by atoms with Crippen LogP contribution in [0.3, 0.4) is 0 Å². The molecule has 2 aliphatic heterocycles. The van der Waals surface area contributed by atoms with Crippen molar-refractivity contribution in [1.29, 1.82) is 0 Å². The molecule has 1 atom stereocenters. The van der Waals surface area contributed by atoms with Crippen molar-refractivity contribution in [2.24, 2.45) is 0 Å². The minimum Gasteiger partial charge on any atom is -0.490 e. The van der Waals surface area contributed by atoms with Gasteiger partial charge >= 0.3 is 0 Å². The van der Waals surface area contributed by atoms with Gasteiger partial charge < -0.3 is 19.1 Å². The predicted molar refractivity (Wildman–Crippen MR) is 95.8 cm³/mol. The van der Waals surface area contributed by atoms with E-state index in [2.05, 4.69) is 4.98 Å². The molecule has 0 radical (unpaired) electrons. The van der Waals surface area contributed by atoms with Crippen molar-refractivity contribution in [3.8, 4) is 17.4 Å². The summed E-state index contributed by atoms with van der Waals surface area (Å²) in [6, 6.07) is 9.52. The van der Waals surface area contributed by atoms with Gasteiger partial charge in [0.2, 0.25) is 5.88 Å². The fourth-order valence-corrected chi connectivity index (χ4v) is 3.54. The number of carbonyl (C=O) groups excluding carboxylic acids is 1. The van der Waals surface area contributed by atoms with E-state index in [4.69, 9.17) is 14.2 Å². The zero-order valence-corrected chi connectivity index (χ0v) is 14.8. The molecule has 0 aliphatic carbocycles. The van der Waals surface area contributed by atoms with Gasteiger partial charge in [-0.2, -0.15) is 0 Å². The number of benzene rings is 1. The Morgan fingerprint density at radius 1 is 1.15 bits per heavy atom. The van der Waals surface area contributed by atoms with Crippen molar-refractivity contribution < 1.29 is 19.0 Å². The van der Waals surface area contributed by atoms with E-state index >= 15 is 0 Å². The Kier molecular flexibility index (Phi) is 4.65. The summed E-state index contributed by atoms with van der Waals surface area (Å²) in [5.74, 6) is 2.05. The van der Waals surface area contributed by atoms with Gasteiger partial charge in [-0.05, 0) is 36.6 Å². The fourth-order valence-electron chi connectivity index (χ4n) is 3.54. The molecule has 6 nitrogen and oxygen atoms in total. The van der Waals surface area contributed by atoms with Gasteiger partial charge in [0.15, 0.2) is 11.5 Å². The Hall–Kier alpha value is -2.76. The maximum Gasteiger partial charge on any atom is 0.255 e. The van der Waals surface area contributed by atoms with Gasteiger partial charge in [0.25, 0.3) is 5.91 Å². The maximum atomic E-state index is 13.0. The summed E-state index contributed by atoms with van der Waals surface area (Å²) >= 11 is 0. The van der Waals surface area contributed by atoms with Gasteiger partial charge in [-0.3, -0.25) is 4.79 Å². The van der Waals surface area contributed by atoms with Crippen molar-refractivity contribution in [2.75, 3.05) is 26.9 Å². The van der Waals surface area contributed by atoms with E-state index in [-0.39, 0.29) is 11.9 Å². The van der Waals surface area contributed by atoms with Crippen LogP contribution in [0.1, 0.15) is 41.2 Å². The van der Waals surface area contributed by atoms with E-state index in [1.807, 2.05) is 23.1 Å². The van der Waals surface area contributed by atoms with Crippen molar-refractivity contribution in [2.45, 2.75) is 25.3 Å². The van der Waals surface area contributed by atoms with Crippen molar-refractivity contribution in [3.63, 3.8) is 0 Å². The van der Waals surface area contributed by atoms with E-state index in [0.29, 0.717) is 24.7 Å². The first-order chi connectivity index (χ1) is 12.8. The Labute approximate surface area is 152 Å². The number of carbonyl (C=O) groups is 1. The van der Waals surface area contributed by atoms with Crippen LogP contribution in [-0.2, 0) is 0 Å². The highest BCUT2D eigenvalue weighted by atomic mass is 16.5. The topological polar surface area (TPSA) is 60.9 Å². The van der Waals surface area contributed by atoms with Crippen molar-refractivity contribution >= 4 is 5.91 Å². The van der Waals surface area contributed by atoms with Gasteiger partial charge in [0.1, 0.15) is 0 Å². The molecule has 3 heterocycles. The predicted octanol–water partition coefficient (Wildman–Crippen LogP) is 3.23. The van der Waals surface area contributed by atoms with Crippen LogP contribution in [-0.4, -0.2) is 42.7 Å². The second-order valence-corrected chi connectivity index (χ2v) is 6.50. The lowest BCUT2D eigenvalue weighted by molar-refractivity contribution is 0.0735. The number of ether oxygens (including phenoxy) is 3. The van der Waals surface area contributed by atoms with E-state index in [1.54, 1.807) is 25.4 Å². The molecule has 2 aliphatic rings. The molecule has 1 saturated heterocycles. The molecule has 1 aromatic carbocycles. The summed E-state index contributed by atoms with van der Waals surface area (Å²) in [5, 5.41) is 0. The summed E-state index contributed by atoms with van der Waals surface area (Å²) in [6.07, 6.45) is 4.37. The SMILES string of the molecule is COc1ccc(C(=O)N2CCC[C@H]2c2ccc3c(c2)OCCCO3)cn1. The van der Waals surface area contributed by atoms with E-state index in [9.17, 15) is 4.79 Å². The number of hydrogen-bond donors (Lipinski definition) is 0. The first-order valence-electron chi connectivity index (χ1n) is 8.97. The number of pyridine rings is 1. The highest BCUT2D eigenvalue weighted by Gasteiger charge is 2.31. The second-order valence-electron chi connectivity index (χ2n) is 6.50. The average Bonchev–Trinajstić information content (AvgIpc) is 3.06. The molecular formula is C20H22N2O4. The van der Waals surface area contributed by atoms with Crippen molar-refractivity contribution in [3.05, 3.63) is 47.7 Å². The quantitative estimate of drug-likeness (QED) is 0.847. The average molecular weight is 354 g/mol. The minimum atomic E-state index is -0.00485. The van der Waals surface area contributed by atoms with Crippen LogP contribution in [0.25, 0.3) is 0 Å². The number of aromatic nitrogens is 1.